The summed E-state index contributed by atoms with van der Waals surface area (Å²) >= 11 is 1.47. The number of ether oxygens (including phenoxy) is 1. The van der Waals surface area contributed by atoms with Gasteiger partial charge in [-0.2, -0.15) is 0 Å². The van der Waals surface area contributed by atoms with Gasteiger partial charge in [-0.3, -0.25) is 4.79 Å². The number of aromatic nitrogens is 1. The Balaban J connectivity index is 1.85. The van der Waals surface area contributed by atoms with Crippen LogP contribution in [0.3, 0.4) is 0 Å². The SMILES string of the molecule is CN(CCOCC1CC1)c1nc(C(C)(C)C(=O)O)cs1. The van der Waals surface area contributed by atoms with E-state index in [4.69, 9.17) is 4.74 Å². The normalized spacial score (nSPS) is 15.3. The Hall–Kier alpha value is -1.14. The second-order valence-corrected chi connectivity index (χ2v) is 6.72. The van der Waals surface area contributed by atoms with Crippen molar-refractivity contribution in [1.82, 2.24) is 4.98 Å². The maximum atomic E-state index is 11.2. The predicted octanol–water partition coefficient (Wildman–Crippen LogP) is 2.37. The summed E-state index contributed by atoms with van der Waals surface area (Å²) in [6.45, 7) is 5.67. The third kappa shape index (κ3) is 3.70. The Morgan fingerprint density at radius 3 is 2.90 bits per heavy atom. The Kier molecular flexibility index (Phi) is 4.65. The molecule has 1 aromatic rings. The molecule has 0 atom stereocenters. The highest BCUT2D eigenvalue weighted by Gasteiger charge is 2.32. The Morgan fingerprint density at radius 1 is 1.60 bits per heavy atom. The van der Waals surface area contributed by atoms with Crippen LogP contribution in [0.15, 0.2) is 5.38 Å². The van der Waals surface area contributed by atoms with Gasteiger partial charge in [0.1, 0.15) is 5.41 Å². The fourth-order valence-electron chi connectivity index (χ4n) is 1.67. The molecule has 1 N–H and O–H groups in total. The highest BCUT2D eigenvalue weighted by atomic mass is 32.1. The van der Waals surface area contributed by atoms with Crippen LogP contribution in [-0.4, -0.2) is 42.9 Å². The molecule has 0 unspecified atom stereocenters. The van der Waals surface area contributed by atoms with Crippen LogP contribution >= 0.6 is 11.3 Å². The Bertz CT molecular complexity index is 469. The van der Waals surface area contributed by atoms with E-state index in [-0.39, 0.29) is 0 Å². The fraction of sp³-hybridized carbons (Fsp3) is 0.714. The average Bonchev–Trinajstić information content (AvgIpc) is 3.07. The molecule has 0 aliphatic heterocycles. The summed E-state index contributed by atoms with van der Waals surface area (Å²) in [6.07, 6.45) is 2.60. The Morgan fingerprint density at radius 2 is 2.30 bits per heavy atom. The summed E-state index contributed by atoms with van der Waals surface area (Å²) in [5.41, 5.74) is -0.339. The lowest BCUT2D eigenvalue weighted by atomic mass is 9.90. The lowest BCUT2D eigenvalue weighted by molar-refractivity contribution is -0.142. The molecule has 0 spiro atoms. The molecule has 0 saturated heterocycles. The first-order valence-electron chi connectivity index (χ1n) is 6.89. The number of anilines is 1. The van der Waals surface area contributed by atoms with Crippen LogP contribution < -0.4 is 4.90 Å². The monoisotopic (exact) mass is 298 g/mol. The van der Waals surface area contributed by atoms with Gasteiger partial charge in [-0.25, -0.2) is 4.98 Å². The number of carboxylic acids is 1. The zero-order chi connectivity index (χ0) is 14.8. The first kappa shape index (κ1) is 15.3. The van der Waals surface area contributed by atoms with Crippen molar-refractivity contribution in [3.63, 3.8) is 0 Å². The predicted molar refractivity (Wildman–Crippen MR) is 79.6 cm³/mol. The summed E-state index contributed by atoms with van der Waals surface area (Å²) in [4.78, 5) is 17.7. The lowest BCUT2D eigenvalue weighted by Gasteiger charge is -2.18. The van der Waals surface area contributed by atoms with Gasteiger partial charge in [-0.05, 0) is 32.6 Å². The number of hydrogen-bond acceptors (Lipinski definition) is 5. The second kappa shape index (κ2) is 6.10. The van der Waals surface area contributed by atoms with Crippen LogP contribution in [0, 0.1) is 5.92 Å². The number of thiazole rings is 1. The molecule has 0 bridgehead atoms. The minimum atomic E-state index is -0.946. The molecule has 1 aliphatic carbocycles. The second-order valence-electron chi connectivity index (χ2n) is 5.89. The molecule has 1 aliphatic rings. The van der Waals surface area contributed by atoms with Crippen LogP contribution in [0.4, 0.5) is 5.13 Å². The smallest absolute Gasteiger partial charge is 0.315 e. The molecule has 0 aromatic carbocycles. The van der Waals surface area contributed by atoms with Crippen molar-refractivity contribution >= 4 is 22.4 Å². The third-order valence-corrected chi connectivity index (χ3v) is 4.57. The molecular weight excluding hydrogens is 276 g/mol. The molecule has 6 heteroatoms. The molecule has 2 rings (SSSR count). The van der Waals surface area contributed by atoms with Gasteiger partial charge in [0.25, 0.3) is 0 Å². The van der Waals surface area contributed by atoms with Crippen LogP contribution in [0.25, 0.3) is 0 Å². The number of rotatable bonds is 8. The molecule has 1 saturated carbocycles. The highest BCUT2D eigenvalue weighted by molar-refractivity contribution is 7.13. The van der Waals surface area contributed by atoms with E-state index in [1.807, 2.05) is 17.3 Å². The van der Waals surface area contributed by atoms with Crippen molar-refractivity contribution in [3.05, 3.63) is 11.1 Å². The van der Waals surface area contributed by atoms with Crippen LogP contribution in [-0.2, 0) is 14.9 Å². The number of nitrogens with zero attached hydrogens (tertiary/aromatic N) is 2. The first-order valence-corrected chi connectivity index (χ1v) is 7.77. The van der Waals surface area contributed by atoms with Gasteiger partial charge in [-0.1, -0.05) is 0 Å². The van der Waals surface area contributed by atoms with Crippen molar-refractivity contribution in [3.8, 4) is 0 Å². The number of carbonyl (C=O) groups is 1. The maximum Gasteiger partial charge on any atom is 0.315 e. The standard InChI is InChI=1S/C14H22N2O3S/c1-14(2,12(17)18)11-9-20-13(15-11)16(3)6-7-19-8-10-4-5-10/h9-10H,4-8H2,1-3H3,(H,17,18). The Labute approximate surface area is 123 Å². The molecule has 0 radical (unpaired) electrons. The summed E-state index contributed by atoms with van der Waals surface area (Å²) in [5, 5.41) is 11.9. The van der Waals surface area contributed by atoms with Crippen molar-refractivity contribution in [1.29, 1.82) is 0 Å². The van der Waals surface area contributed by atoms with Crippen molar-refractivity contribution in [2.24, 2.45) is 5.92 Å². The summed E-state index contributed by atoms with van der Waals surface area (Å²) < 4.78 is 5.60. The van der Waals surface area contributed by atoms with Gasteiger partial charge < -0.3 is 14.7 Å². The zero-order valence-corrected chi connectivity index (χ0v) is 13.1. The summed E-state index contributed by atoms with van der Waals surface area (Å²) in [7, 11) is 1.96. The van der Waals surface area contributed by atoms with Gasteiger partial charge in [0.05, 0.1) is 12.3 Å². The van der Waals surface area contributed by atoms with Gasteiger partial charge in [0, 0.05) is 25.6 Å². The van der Waals surface area contributed by atoms with E-state index < -0.39 is 11.4 Å². The zero-order valence-electron chi connectivity index (χ0n) is 12.3. The number of aliphatic carboxylic acids is 1. The van der Waals surface area contributed by atoms with E-state index in [0.29, 0.717) is 12.3 Å². The molecule has 0 amide bonds. The average molecular weight is 298 g/mol. The molecular formula is C14H22N2O3S. The van der Waals surface area contributed by atoms with Gasteiger partial charge in [-0.15, -0.1) is 11.3 Å². The van der Waals surface area contributed by atoms with E-state index in [1.54, 1.807) is 13.8 Å². The van der Waals surface area contributed by atoms with E-state index in [1.165, 1.54) is 24.2 Å². The molecule has 5 nitrogen and oxygen atoms in total. The molecule has 1 aromatic heterocycles. The van der Waals surface area contributed by atoms with Crippen LogP contribution in [0.2, 0.25) is 0 Å². The number of carboxylic acid groups (broad SMARTS) is 1. The van der Waals surface area contributed by atoms with E-state index in [0.717, 1.165) is 24.2 Å². The highest BCUT2D eigenvalue weighted by Crippen LogP contribution is 2.29. The minimum absolute atomic E-state index is 0.607. The molecule has 1 heterocycles. The molecule has 1 fully saturated rings. The summed E-state index contributed by atoms with van der Waals surface area (Å²) in [6, 6.07) is 0. The quantitative estimate of drug-likeness (QED) is 0.747. The topological polar surface area (TPSA) is 62.7 Å². The van der Waals surface area contributed by atoms with Crippen molar-refractivity contribution < 1.29 is 14.6 Å². The number of likely N-dealkylation sites (N-methyl/N-ethyl adjacent to an activating group) is 1. The third-order valence-electron chi connectivity index (χ3n) is 3.62. The number of hydrogen-bond donors (Lipinski definition) is 1. The fourth-order valence-corrected chi connectivity index (χ4v) is 2.65. The maximum absolute atomic E-state index is 11.2. The largest absolute Gasteiger partial charge is 0.481 e. The van der Waals surface area contributed by atoms with Gasteiger partial charge in [0.2, 0.25) is 0 Å². The van der Waals surface area contributed by atoms with Crippen LogP contribution in [0.5, 0.6) is 0 Å². The molecule has 20 heavy (non-hydrogen) atoms. The summed E-state index contributed by atoms with van der Waals surface area (Å²) in [5.74, 6) is -0.0760. The van der Waals surface area contributed by atoms with Gasteiger partial charge >= 0.3 is 5.97 Å². The van der Waals surface area contributed by atoms with Crippen molar-refractivity contribution in [2.75, 3.05) is 31.7 Å². The first-order chi connectivity index (χ1) is 9.41. The molecule has 112 valence electrons. The lowest BCUT2D eigenvalue weighted by Crippen LogP contribution is -2.29. The van der Waals surface area contributed by atoms with Crippen LogP contribution in [0.1, 0.15) is 32.4 Å². The van der Waals surface area contributed by atoms with Gasteiger partial charge in [0.15, 0.2) is 5.13 Å². The van der Waals surface area contributed by atoms with E-state index in [2.05, 4.69) is 4.98 Å². The van der Waals surface area contributed by atoms with E-state index in [9.17, 15) is 9.90 Å². The van der Waals surface area contributed by atoms with Crippen molar-refractivity contribution in [2.45, 2.75) is 32.1 Å². The van der Waals surface area contributed by atoms with E-state index >= 15 is 0 Å². The minimum Gasteiger partial charge on any atom is -0.481 e.